The molecule has 2 aromatic rings. The van der Waals surface area contributed by atoms with Gasteiger partial charge in [0, 0.05) is 30.7 Å². The van der Waals surface area contributed by atoms with Gasteiger partial charge in [-0.05, 0) is 31.5 Å². The minimum absolute atomic E-state index is 0. The number of halogens is 4. The van der Waals surface area contributed by atoms with Crippen molar-refractivity contribution in [2.24, 2.45) is 4.99 Å². The number of carbonyl (C=O) groups excluding carboxylic acids is 1. The molecule has 0 aliphatic rings. The van der Waals surface area contributed by atoms with Gasteiger partial charge in [-0.1, -0.05) is 12.1 Å². The van der Waals surface area contributed by atoms with Crippen LogP contribution in [-0.4, -0.2) is 30.1 Å². The minimum Gasteiger partial charge on any atom is -0.352 e. The van der Waals surface area contributed by atoms with Crippen molar-refractivity contribution in [3.8, 4) is 0 Å². The molecule has 1 aromatic heterocycles. The molecule has 0 atom stereocenters. The summed E-state index contributed by atoms with van der Waals surface area (Å²) in [5.74, 6) is 0.437. The van der Waals surface area contributed by atoms with Crippen molar-refractivity contribution < 1.29 is 18.0 Å². The molecule has 30 heavy (non-hydrogen) atoms. The number of nitrogens with one attached hydrogen (secondary N) is 4. The number of anilines is 1. The van der Waals surface area contributed by atoms with Crippen LogP contribution in [0.25, 0.3) is 0 Å². The molecule has 0 saturated heterocycles. The van der Waals surface area contributed by atoms with Gasteiger partial charge in [-0.25, -0.2) is 9.78 Å². The highest BCUT2D eigenvalue weighted by atomic mass is 127. The molecule has 4 N–H and O–H groups in total. The average Bonchev–Trinajstić information content (AvgIpc) is 3.12. The van der Waals surface area contributed by atoms with Gasteiger partial charge in [-0.2, -0.15) is 13.2 Å². The number of aromatic nitrogens is 1. The van der Waals surface area contributed by atoms with Crippen LogP contribution in [-0.2, 0) is 19.3 Å². The van der Waals surface area contributed by atoms with E-state index < -0.39 is 11.9 Å². The van der Waals surface area contributed by atoms with Gasteiger partial charge in [0.25, 0.3) is 0 Å². The number of carbonyl (C=O) groups is 1. The number of alkyl halides is 3. The Hall–Kier alpha value is -2.09. The first-order valence-electron chi connectivity index (χ1n) is 8.80. The lowest BCUT2D eigenvalue weighted by atomic mass is 10.2. The summed E-state index contributed by atoms with van der Waals surface area (Å²) < 4.78 is 37.8. The summed E-state index contributed by atoms with van der Waals surface area (Å²) in [6, 6.07) is 7.03. The number of benzene rings is 1. The second-order valence-electron chi connectivity index (χ2n) is 6.35. The monoisotopic (exact) mass is 556 g/mol. The Bertz CT molecular complexity index is 839. The summed E-state index contributed by atoms with van der Waals surface area (Å²) in [5.41, 5.74) is 0.716. The van der Waals surface area contributed by atoms with Crippen LogP contribution in [0.4, 0.5) is 23.7 Å². The zero-order chi connectivity index (χ0) is 21.4. The molecule has 0 aliphatic carbocycles. The molecule has 0 saturated carbocycles. The summed E-state index contributed by atoms with van der Waals surface area (Å²) >= 11 is 0.937. The van der Waals surface area contributed by atoms with Crippen molar-refractivity contribution in [3.63, 3.8) is 0 Å². The van der Waals surface area contributed by atoms with Gasteiger partial charge in [0.1, 0.15) is 5.01 Å². The number of hydrogen-bond donors (Lipinski definition) is 4. The van der Waals surface area contributed by atoms with E-state index in [-0.39, 0.29) is 42.6 Å². The van der Waals surface area contributed by atoms with Crippen LogP contribution < -0.4 is 21.3 Å². The molecular weight excluding hydrogens is 532 g/mol. The third-order valence-electron chi connectivity index (χ3n) is 3.56. The van der Waals surface area contributed by atoms with Gasteiger partial charge in [-0.3, -0.25) is 4.99 Å². The Kier molecular flexibility index (Phi) is 10.3. The highest BCUT2D eigenvalue weighted by Gasteiger charge is 2.33. The lowest BCUT2D eigenvalue weighted by Crippen LogP contribution is -2.36. The number of amides is 2. The SMILES string of the molecule is CN=C(NCc1ccc(NC(=O)NC(C)C)cc1)NCc1nc(C(F)(F)F)cs1.I. The number of aliphatic imine (C=N–C) groups is 1. The third-order valence-corrected chi connectivity index (χ3v) is 4.41. The van der Waals surface area contributed by atoms with E-state index in [1.54, 1.807) is 19.2 Å². The molecule has 0 fully saturated rings. The summed E-state index contributed by atoms with van der Waals surface area (Å²) in [4.78, 5) is 19.3. The molecule has 1 aromatic carbocycles. The Balaban J connectivity index is 0.00000450. The highest BCUT2D eigenvalue weighted by Crippen LogP contribution is 2.29. The third kappa shape index (κ3) is 8.73. The molecule has 0 radical (unpaired) electrons. The van der Waals surface area contributed by atoms with Gasteiger partial charge in [0.2, 0.25) is 0 Å². The maximum absolute atomic E-state index is 12.6. The van der Waals surface area contributed by atoms with Crippen molar-refractivity contribution in [2.45, 2.75) is 39.2 Å². The average molecular weight is 556 g/mol. The highest BCUT2D eigenvalue weighted by molar-refractivity contribution is 14.0. The zero-order valence-electron chi connectivity index (χ0n) is 16.6. The van der Waals surface area contributed by atoms with Gasteiger partial charge in [-0.15, -0.1) is 35.3 Å². The van der Waals surface area contributed by atoms with E-state index in [0.29, 0.717) is 23.2 Å². The van der Waals surface area contributed by atoms with Crippen LogP contribution in [0.2, 0.25) is 0 Å². The lowest BCUT2D eigenvalue weighted by molar-refractivity contribution is -0.140. The fourth-order valence-electron chi connectivity index (χ4n) is 2.22. The van der Waals surface area contributed by atoms with Crippen molar-refractivity contribution in [1.29, 1.82) is 0 Å². The Morgan fingerprint density at radius 1 is 1.17 bits per heavy atom. The van der Waals surface area contributed by atoms with E-state index >= 15 is 0 Å². The second kappa shape index (κ2) is 11.9. The molecule has 1 heterocycles. The van der Waals surface area contributed by atoms with Gasteiger partial charge in [0.15, 0.2) is 11.7 Å². The van der Waals surface area contributed by atoms with E-state index in [4.69, 9.17) is 0 Å². The lowest BCUT2D eigenvalue weighted by Gasteiger charge is -2.12. The largest absolute Gasteiger partial charge is 0.434 e. The molecule has 2 rings (SSSR count). The van der Waals surface area contributed by atoms with Crippen LogP contribution in [0.15, 0.2) is 34.6 Å². The number of hydrogen-bond acceptors (Lipinski definition) is 4. The van der Waals surface area contributed by atoms with E-state index in [2.05, 4.69) is 31.2 Å². The summed E-state index contributed by atoms with van der Waals surface area (Å²) in [7, 11) is 1.57. The standard InChI is InChI=1S/C18H23F3N6OS.HI/c1-11(2)25-17(28)26-13-6-4-12(5-7-13)8-23-16(22-3)24-9-15-27-14(10-29-15)18(19,20)21;/h4-7,10-11H,8-9H2,1-3H3,(H2,22,23,24)(H2,25,26,28);1H. The van der Waals surface area contributed by atoms with Crippen molar-refractivity contribution in [2.75, 3.05) is 12.4 Å². The van der Waals surface area contributed by atoms with Gasteiger partial charge >= 0.3 is 12.2 Å². The predicted molar refractivity (Wildman–Crippen MR) is 123 cm³/mol. The smallest absolute Gasteiger partial charge is 0.352 e. The van der Waals surface area contributed by atoms with Gasteiger partial charge in [0.05, 0.1) is 6.54 Å². The van der Waals surface area contributed by atoms with Crippen LogP contribution in [0.5, 0.6) is 0 Å². The molecule has 0 unspecified atom stereocenters. The first kappa shape index (κ1) is 25.9. The van der Waals surface area contributed by atoms with Crippen LogP contribution >= 0.6 is 35.3 Å². The summed E-state index contributed by atoms with van der Waals surface area (Å²) in [6.45, 7) is 4.33. The summed E-state index contributed by atoms with van der Waals surface area (Å²) in [5, 5.41) is 12.8. The quantitative estimate of drug-likeness (QED) is 0.244. The van der Waals surface area contributed by atoms with Crippen molar-refractivity contribution in [1.82, 2.24) is 20.9 Å². The number of nitrogens with zero attached hydrogens (tertiary/aromatic N) is 2. The zero-order valence-corrected chi connectivity index (χ0v) is 19.8. The Morgan fingerprint density at radius 2 is 1.80 bits per heavy atom. The first-order valence-corrected chi connectivity index (χ1v) is 9.68. The Labute approximate surface area is 194 Å². The molecule has 166 valence electrons. The van der Waals surface area contributed by atoms with Crippen molar-refractivity contribution >= 4 is 53.0 Å². The minimum atomic E-state index is -4.44. The van der Waals surface area contributed by atoms with E-state index in [1.807, 2.05) is 26.0 Å². The maximum atomic E-state index is 12.6. The van der Waals surface area contributed by atoms with E-state index in [1.165, 1.54) is 0 Å². The van der Waals surface area contributed by atoms with Crippen LogP contribution in [0, 0.1) is 0 Å². The molecule has 0 spiro atoms. The molecule has 2 amide bonds. The number of guanidine groups is 1. The van der Waals surface area contributed by atoms with Crippen LogP contribution in [0.1, 0.15) is 30.1 Å². The molecule has 7 nitrogen and oxygen atoms in total. The first-order chi connectivity index (χ1) is 13.7. The molecule has 0 aliphatic heterocycles. The normalized spacial score (nSPS) is 11.6. The summed E-state index contributed by atoms with van der Waals surface area (Å²) in [6.07, 6.45) is -4.44. The number of urea groups is 1. The molecule has 12 heteroatoms. The Morgan fingerprint density at radius 3 is 2.33 bits per heavy atom. The molecular formula is C18H24F3IN6OS. The fraction of sp³-hybridized carbons (Fsp3) is 0.389. The molecule has 0 bridgehead atoms. The van der Waals surface area contributed by atoms with Gasteiger partial charge < -0.3 is 21.3 Å². The predicted octanol–water partition coefficient (Wildman–Crippen LogP) is 4.18. The number of thiazole rings is 1. The number of rotatable bonds is 6. The fourth-order valence-corrected chi connectivity index (χ4v) is 2.96. The second-order valence-corrected chi connectivity index (χ2v) is 7.30. The maximum Gasteiger partial charge on any atom is 0.434 e. The van der Waals surface area contributed by atoms with E-state index in [9.17, 15) is 18.0 Å². The van der Waals surface area contributed by atoms with E-state index in [0.717, 1.165) is 22.3 Å². The van der Waals surface area contributed by atoms with Crippen molar-refractivity contribution in [3.05, 3.63) is 45.9 Å². The topological polar surface area (TPSA) is 90.4 Å². The van der Waals surface area contributed by atoms with Crippen LogP contribution in [0.3, 0.4) is 0 Å².